The van der Waals surface area contributed by atoms with Gasteiger partial charge in [0.05, 0.1) is 11.7 Å². The summed E-state index contributed by atoms with van der Waals surface area (Å²) in [5, 5.41) is 20.1. The summed E-state index contributed by atoms with van der Waals surface area (Å²) in [6.45, 7) is 8.18. The minimum Gasteiger partial charge on any atom is -0.393 e. The van der Waals surface area contributed by atoms with E-state index in [-0.39, 0.29) is 17.4 Å². The van der Waals surface area contributed by atoms with Crippen molar-refractivity contribution in [3.05, 3.63) is 23.5 Å². The molecule has 0 bridgehead atoms. The molecule has 114 valence electrons. The van der Waals surface area contributed by atoms with Crippen LogP contribution in [0.1, 0.15) is 43.2 Å². The van der Waals surface area contributed by atoms with Crippen molar-refractivity contribution in [1.29, 1.82) is 0 Å². The highest BCUT2D eigenvalue weighted by atomic mass is 16.3. The van der Waals surface area contributed by atoms with Crippen LogP contribution in [0.25, 0.3) is 11.0 Å². The average molecular weight is 290 g/mol. The number of carbonyl (C=O) groups excluding carboxylic acids is 1. The normalized spacial score (nSPS) is 13.4. The number of aryl methyl sites for hydroxylation is 1. The number of H-pyrrole nitrogens is 1. The molecular weight excluding hydrogens is 268 g/mol. The molecule has 0 aliphatic rings. The molecule has 2 aromatic heterocycles. The van der Waals surface area contributed by atoms with Gasteiger partial charge in [-0.25, -0.2) is 4.98 Å². The SMILES string of the molecule is Cc1[nH]nc2ncc(C(=O)NCC(C)(C)CC(C)O)cc12. The van der Waals surface area contributed by atoms with Gasteiger partial charge in [0.25, 0.3) is 5.91 Å². The third-order valence-electron chi connectivity index (χ3n) is 3.44. The minimum absolute atomic E-state index is 0.160. The van der Waals surface area contributed by atoms with Crippen molar-refractivity contribution in [2.45, 2.75) is 40.2 Å². The molecule has 21 heavy (non-hydrogen) atoms. The molecule has 0 spiro atoms. The summed E-state index contributed by atoms with van der Waals surface area (Å²) in [5.74, 6) is -0.163. The van der Waals surface area contributed by atoms with Crippen LogP contribution in [0, 0.1) is 12.3 Å². The van der Waals surface area contributed by atoms with Gasteiger partial charge < -0.3 is 10.4 Å². The number of rotatable bonds is 5. The van der Waals surface area contributed by atoms with Gasteiger partial charge in [-0.05, 0) is 31.7 Å². The van der Waals surface area contributed by atoms with Crippen molar-refractivity contribution in [3.63, 3.8) is 0 Å². The van der Waals surface area contributed by atoms with Crippen LogP contribution in [-0.4, -0.2) is 38.8 Å². The predicted octanol–water partition coefficient (Wildman–Crippen LogP) is 1.79. The Hall–Kier alpha value is -1.95. The molecule has 1 atom stereocenters. The Balaban J connectivity index is 2.06. The molecule has 2 heterocycles. The Kier molecular flexibility index (Phi) is 4.27. The first kappa shape index (κ1) is 15.4. The van der Waals surface area contributed by atoms with Crippen LogP contribution in [0.15, 0.2) is 12.3 Å². The molecule has 1 unspecified atom stereocenters. The van der Waals surface area contributed by atoms with Gasteiger partial charge in [-0.15, -0.1) is 0 Å². The zero-order valence-electron chi connectivity index (χ0n) is 12.9. The monoisotopic (exact) mass is 290 g/mol. The number of aliphatic hydroxyl groups excluding tert-OH is 1. The van der Waals surface area contributed by atoms with Crippen molar-refractivity contribution >= 4 is 16.9 Å². The summed E-state index contributed by atoms with van der Waals surface area (Å²) in [7, 11) is 0. The summed E-state index contributed by atoms with van der Waals surface area (Å²) in [5.41, 5.74) is 1.85. The lowest BCUT2D eigenvalue weighted by atomic mass is 9.87. The molecule has 1 amide bonds. The summed E-state index contributed by atoms with van der Waals surface area (Å²) in [4.78, 5) is 16.4. The lowest BCUT2D eigenvalue weighted by Gasteiger charge is -2.26. The molecule has 6 heteroatoms. The van der Waals surface area contributed by atoms with Gasteiger partial charge >= 0.3 is 0 Å². The Labute approximate surface area is 124 Å². The van der Waals surface area contributed by atoms with Gasteiger partial charge in [0, 0.05) is 23.8 Å². The molecule has 2 aromatic rings. The van der Waals surface area contributed by atoms with Gasteiger partial charge in [0.15, 0.2) is 5.65 Å². The minimum atomic E-state index is -0.386. The molecule has 0 fully saturated rings. The molecule has 3 N–H and O–H groups in total. The number of hydrogen-bond acceptors (Lipinski definition) is 4. The summed E-state index contributed by atoms with van der Waals surface area (Å²) in [6.07, 6.45) is 1.77. The average Bonchev–Trinajstić information content (AvgIpc) is 2.76. The zero-order chi connectivity index (χ0) is 15.6. The Bertz CT molecular complexity index is 646. The zero-order valence-corrected chi connectivity index (χ0v) is 12.9. The van der Waals surface area contributed by atoms with Crippen LogP contribution in [-0.2, 0) is 0 Å². The lowest BCUT2D eigenvalue weighted by Crippen LogP contribution is -2.35. The summed E-state index contributed by atoms with van der Waals surface area (Å²) in [6, 6.07) is 1.79. The smallest absolute Gasteiger partial charge is 0.252 e. The van der Waals surface area contributed by atoms with Crippen LogP contribution in [0.3, 0.4) is 0 Å². The second-order valence-corrected chi connectivity index (χ2v) is 6.34. The first-order valence-corrected chi connectivity index (χ1v) is 7.05. The van der Waals surface area contributed by atoms with E-state index >= 15 is 0 Å². The number of hydrogen-bond donors (Lipinski definition) is 3. The largest absolute Gasteiger partial charge is 0.393 e. The Morgan fingerprint density at radius 2 is 2.24 bits per heavy atom. The van der Waals surface area contributed by atoms with Crippen LogP contribution in [0.4, 0.5) is 0 Å². The van der Waals surface area contributed by atoms with E-state index in [1.807, 2.05) is 20.8 Å². The van der Waals surface area contributed by atoms with Crippen molar-refractivity contribution in [1.82, 2.24) is 20.5 Å². The number of nitrogens with zero attached hydrogens (tertiary/aromatic N) is 2. The maximum Gasteiger partial charge on any atom is 0.252 e. The molecule has 2 rings (SSSR count). The van der Waals surface area contributed by atoms with Crippen LogP contribution >= 0.6 is 0 Å². The van der Waals surface area contributed by atoms with E-state index in [2.05, 4.69) is 20.5 Å². The van der Waals surface area contributed by atoms with Gasteiger partial charge in [0.2, 0.25) is 0 Å². The highest BCUT2D eigenvalue weighted by molar-refractivity contribution is 5.97. The van der Waals surface area contributed by atoms with E-state index < -0.39 is 0 Å². The number of carbonyl (C=O) groups is 1. The quantitative estimate of drug-likeness (QED) is 0.783. The second kappa shape index (κ2) is 5.81. The molecule has 0 saturated carbocycles. The fraction of sp³-hybridized carbons (Fsp3) is 0.533. The number of aromatic nitrogens is 3. The standard InChI is InChI=1S/C15H22N4O2/c1-9(20)6-15(3,4)8-17-14(21)11-5-12-10(2)18-19-13(12)16-7-11/h5,7,9,20H,6,8H2,1-4H3,(H,17,21)(H,16,18,19). The molecule has 0 radical (unpaired) electrons. The van der Waals surface area contributed by atoms with E-state index in [1.165, 1.54) is 6.20 Å². The van der Waals surface area contributed by atoms with Gasteiger partial charge in [0.1, 0.15) is 0 Å². The molecule has 0 aromatic carbocycles. The van der Waals surface area contributed by atoms with Crippen LogP contribution in [0.5, 0.6) is 0 Å². The topological polar surface area (TPSA) is 90.9 Å². The van der Waals surface area contributed by atoms with Crippen molar-refractivity contribution < 1.29 is 9.90 Å². The van der Waals surface area contributed by atoms with E-state index in [1.54, 1.807) is 13.0 Å². The maximum absolute atomic E-state index is 12.2. The number of aliphatic hydroxyl groups is 1. The Morgan fingerprint density at radius 1 is 1.52 bits per heavy atom. The number of fused-ring (bicyclic) bond motifs is 1. The highest BCUT2D eigenvalue weighted by Gasteiger charge is 2.21. The third kappa shape index (κ3) is 3.78. The first-order valence-electron chi connectivity index (χ1n) is 7.05. The van der Waals surface area contributed by atoms with Crippen molar-refractivity contribution in [3.8, 4) is 0 Å². The lowest BCUT2D eigenvalue weighted by molar-refractivity contribution is 0.0902. The highest BCUT2D eigenvalue weighted by Crippen LogP contribution is 2.21. The van der Waals surface area contributed by atoms with Gasteiger partial charge in [-0.1, -0.05) is 13.8 Å². The van der Waals surface area contributed by atoms with E-state index in [0.29, 0.717) is 24.2 Å². The van der Waals surface area contributed by atoms with Crippen molar-refractivity contribution in [2.75, 3.05) is 6.54 Å². The fourth-order valence-corrected chi connectivity index (χ4v) is 2.44. The number of pyridine rings is 1. The third-order valence-corrected chi connectivity index (χ3v) is 3.44. The van der Waals surface area contributed by atoms with E-state index in [0.717, 1.165) is 11.1 Å². The first-order chi connectivity index (χ1) is 9.78. The predicted molar refractivity (Wildman–Crippen MR) is 81.0 cm³/mol. The second-order valence-electron chi connectivity index (χ2n) is 6.34. The number of aromatic amines is 1. The molecule has 0 aliphatic carbocycles. The van der Waals surface area contributed by atoms with Crippen molar-refractivity contribution in [2.24, 2.45) is 5.41 Å². The van der Waals surface area contributed by atoms with Crippen LogP contribution in [0.2, 0.25) is 0 Å². The Morgan fingerprint density at radius 3 is 2.90 bits per heavy atom. The molecule has 0 aliphatic heterocycles. The molecular formula is C15H22N4O2. The van der Waals surface area contributed by atoms with E-state index in [4.69, 9.17) is 0 Å². The summed E-state index contributed by atoms with van der Waals surface area (Å²) < 4.78 is 0. The molecule has 6 nitrogen and oxygen atoms in total. The van der Waals surface area contributed by atoms with Crippen LogP contribution < -0.4 is 5.32 Å². The van der Waals surface area contributed by atoms with E-state index in [9.17, 15) is 9.90 Å². The van der Waals surface area contributed by atoms with Gasteiger partial charge in [-0.2, -0.15) is 5.10 Å². The number of amides is 1. The summed E-state index contributed by atoms with van der Waals surface area (Å²) >= 11 is 0. The maximum atomic E-state index is 12.2. The fourth-order valence-electron chi connectivity index (χ4n) is 2.44. The van der Waals surface area contributed by atoms with Gasteiger partial charge in [-0.3, -0.25) is 9.89 Å². The molecule has 0 saturated heterocycles. The number of nitrogens with one attached hydrogen (secondary N) is 2.